The molecule has 0 saturated carbocycles. The van der Waals surface area contributed by atoms with Crippen LogP contribution in [0.1, 0.15) is 25.5 Å². The van der Waals surface area contributed by atoms with Gasteiger partial charge in [0, 0.05) is 5.56 Å². The fraction of sp³-hybridized carbons (Fsp3) is 0.462. The highest BCUT2D eigenvalue weighted by molar-refractivity contribution is 5.78. The van der Waals surface area contributed by atoms with Crippen molar-refractivity contribution >= 4 is 5.97 Å². The minimum absolute atomic E-state index is 0.495. The van der Waals surface area contributed by atoms with E-state index in [0.717, 1.165) is 0 Å². The molecule has 0 bridgehead atoms. The van der Waals surface area contributed by atoms with Gasteiger partial charge < -0.3 is 19.9 Å². The van der Waals surface area contributed by atoms with E-state index in [9.17, 15) is 4.79 Å². The molecule has 0 aliphatic carbocycles. The molecule has 100 valence electrons. The Bertz CT molecular complexity index is 406. The van der Waals surface area contributed by atoms with E-state index in [-0.39, 0.29) is 0 Å². The first-order valence-corrected chi connectivity index (χ1v) is 5.87. The molecule has 0 unspecified atom stereocenters. The van der Waals surface area contributed by atoms with E-state index in [1.165, 1.54) is 7.11 Å². The van der Waals surface area contributed by atoms with Crippen LogP contribution in [0.4, 0.5) is 0 Å². The summed E-state index contributed by atoms with van der Waals surface area (Å²) in [6, 6.07) is 4.35. The first-order chi connectivity index (χ1) is 8.63. The molecule has 1 rings (SSSR count). The van der Waals surface area contributed by atoms with Gasteiger partial charge in [0.25, 0.3) is 0 Å². The van der Waals surface area contributed by atoms with Gasteiger partial charge in [-0.2, -0.15) is 0 Å². The average molecular weight is 253 g/mol. The van der Waals surface area contributed by atoms with Crippen LogP contribution in [0.3, 0.4) is 0 Å². The second kappa shape index (κ2) is 6.86. The Hall–Kier alpha value is -1.75. The molecule has 0 saturated heterocycles. The molecule has 0 aliphatic rings. The van der Waals surface area contributed by atoms with Gasteiger partial charge in [-0.1, -0.05) is 0 Å². The van der Waals surface area contributed by atoms with Crippen LogP contribution in [-0.4, -0.2) is 26.3 Å². The van der Waals surface area contributed by atoms with Crippen LogP contribution in [0.25, 0.3) is 0 Å². The summed E-state index contributed by atoms with van der Waals surface area (Å²) in [5.74, 6) is 0.707. The van der Waals surface area contributed by atoms with Crippen LogP contribution >= 0.6 is 0 Å². The zero-order valence-corrected chi connectivity index (χ0v) is 10.9. The first-order valence-electron chi connectivity index (χ1n) is 5.87. The molecule has 5 heteroatoms. The molecule has 0 heterocycles. The van der Waals surface area contributed by atoms with E-state index in [0.29, 0.717) is 30.3 Å². The Kier molecular flexibility index (Phi) is 5.45. The van der Waals surface area contributed by atoms with Crippen molar-refractivity contribution in [3.8, 4) is 11.5 Å². The second-order valence-electron chi connectivity index (χ2n) is 3.57. The van der Waals surface area contributed by atoms with Gasteiger partial charge in [-0.25, -0.2) is 0 Å². The lowest BCUT2D eigenvalue weighted by molar-refractivity contribution is -0.142. The van der Waals surface area contributed by atoms with E-state index >= 15 is 0 Å². The minimum atomic E-state index is -0.878. The second-order valence-corrected chi connectivity index (χ2v) is 3.57. The van der Waals surface area contributed by atoms with Crippen LogP contribution in [0.2, 0.25) is 0 Å². The number of rotatable bonds is 6. The van der Waals surface area contributed by atoms with Crippen molar-refractivity contribution in [2.45, 2.75) is 19.9 Å². The Morgan fingerprint density at radius 2 is 1.94 bits per heavy atom. The maximum Gasteiger partial charge on any atom is 0.327 e. The van der Waals surface area contributed by atoms with Crippen LogP contribution < -0.4 is 15.2 Å². The molecule has 1 aromatic carbocycles. The molecule has 0 spiro atoms. The van der Waals surface area contributed by atoms with Crippen molar-refractivity contribution in [2.75, 3.05) is 20.3 Å². The predicted octanol–water partition coefficient (Wildman–Crippen LogP) is 1.66. The smallest absolute Gasteiger partial charge is 0.327 e. The summed E-state index contributed by atoms with van der Waals surface area (Å²) in [6.45, 7) is 4.79. The fourth-order valence-electron chi connectivity index (χ4n) is 1.57. The zero-order chi connectivity index (χ0) is 13.5. The van der Waals surface area contributed by atoms with Crippen LogP contribution in [0.5, 0.6) is 11.5 Å². The van der Waals surface area contributed by atoms with E-state index in [1.807, 2.05) is 13.8 Å². The highest BCUT2D eigenvalue weighted by Gasteiger charge is 2.21. The van der Waals surface area contributed by atoms with Crippen molar-refractivity contribution in [2.24, 2.45) is 5.73 Å². The highest BCUT2D eigenvalue weighted by Crippen LogP contribution is 2.29. The summed E-state index contributed by atoms with van der Waals surface area (Å²) in [5.41, 5.74) is 6.40. The normalized spacial score (nSPS) is 11.8. The van der Waals surface area contributed by atoms with Crippen molar-refractivity contribution in [1.29, 1.82) is 0 Å². The molecule has 0 radical (unpaired) electrons. The van der Waals surface area contributed by atoms with Gasteiger partial charge >= 0.3 is 5.97 Å². The van der Waals surface area contributed by atoms with Crippen molar-refractivity contribution < 1.29 is 19.0 Å². The zero-order valence-electron chi connectivity index (χ0n) is 10.9. The molecule has 0 aliphatic heterocycles. The quantitative estimate of drug-likeness (QED) is 0.781. The van der Waals surface area contributed by atoms with Gasteiger partial charge in [-0.05, 0) is 32.0 Å². The Morgan fingerprint density at radius 3 is 2.50 bits per heavy atom. The summed E-state index contributed by atoms with van der Waals surface area (Å²) < 4.78 is 15.5. The summed E-state index contributed by atoms with van der Waals surface area (Å²) in [6.07, 6.45) is 0. The number of hydrogen-bond donors (Lipinski definition) is 1. The molecule has 5 nitrogen and oxygen atoms in total. The molecule has 1 atom stereocenters. The van der Waals surface area contributed by atoms with Crippen LogP contribution in [-0.2, 0) is 9.53 Å². The third kappa shape index (κ3) is 3.37. The SMILES string of the molecule is CCOc1ccc(OCC)c([C@@H](N)C(=O)OC)c1. The Labute approximate surface area is 107 Å². The number of nitrogens with two attached hydrogens (primary N) is 1. The molecule has 0 amide bonds. The monoisotopic (exact) mass is 253 g/mol. The highest BCUT2D eigenvalue weighted by atomic mass is 16.5. The molecule has 0 fully saturated rings. The summed E-state index contributed by atoms with van der Waals surface area (Å²) in [7, 11) is 1.30. The average Bonchev–Trinajstić information content (AvgIpc) is 2.39. The maximum absolute atomic E-state index is 11.5. The van der Waals surface area contributed by atoms with Gasteiger partial charge in [0.15, 0.2) is 0 Å². The molecular formula is C13H19NO4. The van der Waals surface area contributed by atoms with E-state index in [2.05, 4.69) is 4.74 Å². The standard InChI is InChI=1S/C13H19NO4/c1-4-17-9-6-7-11(18-5-2)10(8-9)12(14)13(15)16-3/h6-8,12H,4-5,14H2,1-3H3/t12-/m1/s1. The Morgan fingerprint density at radius 1 is 1.28 bits per heavy atom. The number of ether oxygens (including phenoxy) is 3. The fourth-order valence-corrected chi connectivity index (χ4v) is 1.57. The molecule has 2 N–H and O–H groups in total. The third-order valence-electron chi connectivity index (χ3n) is 2.38. The minimum Gasteiger partial charge on any atom is -0.494 e. The molecule has 18 heavy (non-hydrogen) atoms. The van der Waals surface area contributed by atoms with Crippen molar-refractivity contribution in [3.63, 3.8) is 0 Å². The lowest BCUT2D eigenvalue weighted by Gasteiger charge is -2.16. The molecule has 1 aromatic rings. The summed E-state index contributed by atoms with van der Waals surface area (Å²) in [5, 5.41) is 0. The summed E-state index contributed by atoms with van der Waals surface area (Å²) in [4.78, 5) is 11.5. The van der Waals surface area contributed by atoms with Gasteiger partial charge in [0.1, 0.15) is 17.5 Å². The number of methoxy groups -OCH3 is 1. The number of esters is 1. The van der Waals surface area contributed by atoms with Gasteiger partial charge in [0.2, 0.25) is 0 Å². The van der Waals surface area contributed by atoms with Gasteiger partial charge in [-0.3, -0.25) is 4.79 Å². The Balaban J connectivity index is 3.09. The maximum atomic E-state index is 11.5. The van der Waals surface area contributed by atoms with Crippen LogP contribution in [0, 0.1) is 0 Å². The molecular weight excluding hydrogens is 234 g/mol. The van der Waals surface area contributed by atoms with Gasteiger partial charge in [0.05, 0.1) is 20.3 Å². The predicted molar refractivity (Wildman–Crippen MR) is 67.7 cm³/mol. The molecule has 0 aromatic heterocycles. The lowest BCUT2D eigenvalue weighted by Crippen LogP contribution is -2.23. The summed E-state index contributed by atoms with van der Waals surface area (Å²) >= 11 is 0. The van der Waals surface area contributed by atoms with Crippen molar-refractivity contribution in [3.05, 3.63) is 23.8 Å². The van der Waals surface area contributed by atoms with Gasteiger partial charge in [-0.15, -0.1) is 0 Å². The largest absolute Gasteiger partial charge is 0.494 e. The lowest BCUT2D eigenvalue weighted by atomic mass is 10.1. The third-order valence-corrected chi connectivity index (χ3v) is 2.38. The first kappa shape index (κ1) is 14.3. The van der Waals surface area contributed by atoms with E-state index in [4.69, 9.17) is 15.2 Å². The topological polar surface area (TPSA) is 70.8 Å². The van der Waals surface area contributed by atoms with Crippen LogP contribution in [0.15, 0.2) is 18.2 Å². The number of benzene rings is 1. The number of hydrogen-bond acceptors (Lipinski definition) is 5. The van der Waals surface area contributed by atoms with E-state index < -0.39 is 12.0 Å². The number of carbonyl (C=O) groups excluding carboxylic acids is 1. The van der Waals surface area contributed by atoms with E-state index in [1.54, 1.807) is 18.2 Å². The van der Waals surface area contributed by atoms with Crippen molar-refractivity contribution in [1.82, 2.24) is 0 Å². The number of carbonyl (C=O) groups is 1.